The second-order valence-electron chi connectivity index (χ2n) is 6.12. The minimum absolute atomic E-state index is 0.0313. The molecule has 0 fully saturated rings. The molecule has 3 aromatic heterocycles. The number of pyridine rings is 2. The van der Waals surface area contributed by atoms with Gasteiger partial charge in [0.05, 0.1) is 16.0 Å². The number of non-ortho nitro benzene ring substituents is 1. The van der Waals surface area contributed by atoms with Gasteiger partial charge in [0, 0.05) is 18.3 Å². The SMILES string of the molecule is Cc1ccc([N+](=O)[O-])cc1-n1c(=O)c(C#N)cc2c(=O)n3ccccc3nc21. The van der Waals surface area contributed by atoms with Gasteiger partial charge in [-0.15, -0.1) is 0 Å². The van der Waals surface area contributed by atoms with Crippen LogP contribution in [0.15, 0.2) is 58.3 Å². The van der Waals surface area contributed by atoms with E-state index in [1.54, 1.807) is 31.2 Å². The zero-order valence-corrected chi connectivity index (χ0v) is 14.5. The fourth-order valence-electron chi connectivity index (χ4n) is 3.07. The molecule has 0 saturated heterocycles. The number of aromatic nitrogens is 3. The lowest BCUT2D eigenvalue weighted by Crippen LogP contribution is -2.26. The maximum Gasteiger partial charge on any atom is 0.274 e. The van der Waals surface area contributed by atoms with Crippen molar-refractivity contribution in [3.05, 3.63) is 90.6 Å². The van der Waals surface area contributed by atoms with Crippen LogP contribution in [0.2, 0.25) is 0 Å². The largest absolute Gasteiger partial charge is 0.274 e. The van der Waals surface area contributed by atoms with Crippen molar-refractivity contribution in [1.82, 2.24) is 14.0 Å². The third-order valence-electron chi connectivity index (χ3n) is 4.45. The van der Waals surface area contributed by atoms with Crippen LogP contribution >= 0.6 is 0 Å². The predicted molar refractivity (Wildman–Crippen MR) is 101 cm³/mol. The lowest BCUT2D eigenvalue weighted by molar-refractivity contribution is -0.384. The Morgan fingerprint density at radius 1 is 1.14 bits per heavy atom. The van der Waals surface area contributed by atoms with Gasteiger partial charge in [-0.3, -0.25) is 28.7 Å². The van der Waals surface area contributed by atoms with Gasteiger partial charge in [0.25, 0.3) is 16.8 Å². The van der Waals surface area contributed by atoms with Crippen LogP contribution in [0, 0.1) is 28.4 Å². The Bertz CT molecular complexity index is 1460. The van der Waals surface area contributed by atoms with Crippen molar-refractivity contribution >= 4 is 22.4 Å². The van der Waals surface area contributed by atoms with E-state index in [9.17, 15) is 25.0 Å². The molecule has 0 radical (unpaired) electrons. The van der Waals surface area contributed by atoms with Gasteiger partial charge in [0.1, 0.15) is 17.3 Å². The van der Waals surface area contributed by atoms with E-state index in [0.29, 0.717) is 11.2 Å². The second-order valence-corrected chi connectivity index (χ2v) is 6.12. The van der Waals surface area contributed by atoms with E-state index in [4.69, 9.17) is 0 Å². The average molecular weight is 373 g/mol. The summed E-state index contributed by atoms with van der Waals surface area (Å²) < 4.78 is 2.39. The molecular weight excluding hydrogens is 362 g/mol. The topological polar surface area (TPSA) is 123 Å². The van der Waals surface area contributed by atoms with Crippen molar-refractivity contribution < 1.29 is 4.92 Å². The van der Waals surface area contributed by atoms with Crippen molar-refractivity contribution in [3.63, 3.8) is 0 Å². The predicted octanol–water partition coefficient (Wildman–Crippen LogP) is 2.09. The average Bonchev–Trinajstić information content (AvgIpc) is 2.69. The zero-order chi connectivity index (χ0) is 20.0. The Morgan fingerprint density at radius 2 is 1.93 bits per heavy atom. The molecule has 0 atom stereocenters. The number of hydrogen-bond acceptors (Lipinski definition) is 6. The third-order valence-corrected chi connectivity index (χ3v) is 4.45. The Kier molecular flexibility index (Phi) is 3.75. The van der Waals surface area contributed by atoms with Crippen molar-refractivity contribution in [2.24, 2.45) is 0 Å². The number of nitriles is 1. The first-order valence-electron chi connectivity index (χ1n) is 8.15. The highest BCUT2D eigenvalue weighted by Gasteiger charge is 2.19. The fraction of sp³-hybridized carbons (Fsp3) is 0.0526. The summed E-state index contributed by atoms with van der Waals surface area (Å²) in [7, 11) is 0. The van der Waals surface area contributed by atoms with Gasteiger partial charge in [0.15, 0.2) is 5.65 Å². The molecule has 28 heavy (non-hydrogen) atoms. The molecule has 3 heterocycles. The summed E-state index contributed by atoms with van der Waals surface area (Å²) in [6.07, 6.45) is 1.53. The molecule has 136 valence electrons. The van der Waals surface area contributed by atoms with Crippen LogP contribution in [0.3, 0.4) is 0 Å². The van der Waals surface area contributed by atoms with Crippen molar-refractivity contribution in [1.29, 1.82) is 5.26 Å². The maximum atomic E-state index is 12.9. The highest BCUT2D eigenvalue weighted by atomic mass is 16.6. The van der Waals surface area contributed by atoms with Gasteiger partial charge in [-0.05, 0) is 30.7 Å². The molecule has 0 aliphatic heterocycles. The quantitative estimate of drug-likeness (QED) is 0.301. The maximum absolute atomic E-state index is 12.9. The molecule has 0 amide bonds. The van der Waals surface area contributed by atoms with E-state index in [2.05, 4.69) is 4.98 Å². The van der Waals surface area contributed by atoms with Crippen LogP contribution in [0.4, 0.5) is 5.69 Å². The van der Waals surface area contributed by atoms with Crippen molar-refractivity contribution in [3.8, 4) is 11.8 Å². The fourth-order valence-corrected chi connectivity index (χ4v) is 3.07. The Morgan fingerprint density at radius 3 is 2.64 bits per heavy atom. The second kappa shape index (κ2) is 6.14. The highest BCUT2D eigenvalue weighted by Crippen LogP contribution is 2.23. The zero-order valence-electron chi connectivity index (χ0n) is 14.5. The Balaban J connectivity index is 2.26. The molecule has 0 aliphatic carbocycles. The monoisotopic (exact) mass is 373 g/mol. The third kappa shape index (κ3) is 2.44. The van der Waals surface area contributed by atoms with Crippen LogP contribution in [0.1, 0.15) is 11.1 Å². The first-order valence-corrected chi connectivity index (χ1v) is 8.15. The molecule has 4 aromatic rings. The number of nitrogens with zero attached hydrogens (tertiary/aromatic N) is 5. The van der Waals surface area contributed by atoms with E-state index < -0.39 is 16.0 Å². The number of rotatable bonds is 2. The molecule has 0 N–H and O–H groups in total. The van der Waals surface area contributed by atoms with Gasteiger partial charge in [-0.2, -0.15) is 5.26 Å². The van der Waals surface area contributed by atoms with Gasteiger partial charge in [-0.25, -0.2) is 4.98 Å². The molecule has 9 heteroatoms. The molecule has 0 bridgehead atoms. The first kappa shape index (κ1) is 17.1. The lowest BCUT2D eigenvalue weighted by Gasteiger charge is -2.13. The summed E-state index contributed by atoms with van der Waals surface area (Å²) >= 11 is 0. The molecule has 0 spiro atoms. The molecule has 4 rings (SSSR count). The summed E-state index contributed by atoms with van der Waals surface area (Å²) in [6.45, 7) is 1.67. The number of nitro groups is 1. The Hall–Kier alpha value is -4.32. The van der Waals surface area contributed by atoms with Gasteiger partial charge in [0.2, 0.25) is 0 Å². The summed E-state index contributed by atoms with van der Waals surface area (Å²) in [5.74, 6) is 0. The highest BCUT2D eigenvalue weighted by molar-refractivity contribution is 5.80. The van der Waals surface area contributed by atoms with Crippen molar-refractivity contribution in [2.45, 2.75) is 6.92 Å². The van der Waals surface area contributed by atoms with E-state index >= 15 is 0 Å². The number of benzene rings is 1. The number of nitro benzene ring substituents is 1. The van der Waals surface area contributed by atoms with Crippen LogP contribution in [0.5, 0.6) is 0 Å². The van der Waals surface area contributed by atoms with Gasteiger partial charge >= 0.3 is 0 Å². The van der Waals surface area contributed by atoms with Crippen LogP contribution in [-0.2, 0) is 0 Å². The number of aryl methyl sites for hydroxylation is 1. The number of hydrogen-bond donors (Lipinski definition) is 0. The van der Waals surface area contributed by atoms with E-state index in [0.717, 1.165) is 4.57 Å². The Labute approximate surface area is 156 Å². The van der Waals surface area contributed by atoms with Gasteiger partial charge < -0.3 is 0 Å². The molecule has 0 aliphatic rings. The minimum Gasteiger partial charge on any atom is -0.268 e. The van der Waals surface area contributed by atoms with Crippen LogP contribution < -0.4 is 11.1 Å². The van der Waals surface area contributed by atoms with Gasteiger partial charge in [-0.1, -0.05) is 12.1 Å². The van der Waals surface area contributed by atoms with E-state index in [1.165, 1.54) is 34.9 Å². The normalized spacial score (nSPS) is 10.9. The van der Waals surface area contributed by atoms with Crippen LogP contribution in [-0.4, -0.2) is 18.9 Å². The standard InChI is InChI=1S/C19H11N5O4/c1-11-5-6-13(24(27)28)9-15(11)23-17-14(8-12(10-20)18(23)25)19(26)22-7-3-2-4-16(22)21-17/h2-9H,1H3. The van der Waals surface area contributed by atoms with E-state index in [1.807, 2.05) is 0 Å². The van der Waals surface area contributed by atoms with Crippen LogP contribution in [0.25, 0.3) is 22.4 Å². The molecular formula is C19H11N5O4. The summed E-state index contributed by atoms with van der Waals surface area (Å²) in [5, 5.41) is 20.6. The molecule has 1 aromatic carbocycles. The minimum atomic E-state index is -0.703. The van der Waals surface area contributed by atoms with E-state index in [-0.39, 0.29) is 28.0 Å². The molecule has 0 saturated carbocycles. The lowest BCUT2D eigenvalue weighted by atomic mass is 10.1. The summed E-state index contributed by atoms with van der Waals surface area (Å²) in [5.41, 5.74) is -0.550. The first-order chi connectivity index (χ1) is 13.4. The molecule has 0 unspecified atom stereocenters. The summed E-state index contributed by atoms with van der Waals surface area (Å²) in [4.78, 5) is 40.8. The smallest absolute Gasteiger partial charge is 0.268 e. The number of fused-ring (bicyclic) bond motifs is 2. The molecule has 9 nitrogen and oxygen atoms in total. The van der Waals surface area contributed by atoms with Crippen molar-refractivity contribution in [2.75, 3.05) is 0 Å². The summed E-state index contributed by atoms with van der Waals surface area (Å²) in [6, 6.07) is 12.0.